The van der Waals surface area contributed by atoms with Crippen molar-refractivity contribution < 1.29 is 28.6 Å². The van der Waals surface area contributed by atoms with Gasteiger partial charge in [-0.15, -0.1) is 0 Å². The first-order valence-electron chi connectivity index (χ1n) is 27.5. The number of carbonyl (C=O) groups is 3. The largest absolute Gasteiger partial charge is 0.462 e. The molecule has 0 bridgehead atoms. The summed E-state index contributed by atoms with van der Waals surface area (Å²) in [4.78, 5) is 38.0. The van der Waals surface area contributed by atoms with Gasteiger partial charge in [-0.25, -0.2) is 0 Å². The van der Waals surface area contributed by atoms with Crippen LogP contribution in [0.2, 0.25) is 0 Å². The standard InChI is InChI=1S/C59H102O6/c1-4-7-10-13-16-19-22-25-27-29-30-31-33-34-37-40-43-46-49-52-58(61)64-55-56(54-63-57(60)51-48-45-42-39-36-24-21-18-15-12-9-6-3)65-59(62)53-50-47-44-41-38-35-32-28-26-23-20-17-14-11-8-5-2/h9,12,16,18-19,21-22,25,28,32,36,39,56H,4-8,10-11,13-15,17,20,23-24,26-27,29-31,33-35,37-38,40-55H2,1-3H3/b12-9-,19-16-,21-18-,25-22-,32-28-,39-36-. The summed E-state index contributed by atoms with van der Waals surface area (Å²) >= 11 is 0. The highest BCUT2D eigenvalue weighted by atomic mass is 16.6. The Balaban J connectivity index is 4.39. The first-order valence-corrected chi connectivity index (χ1v) is 27.5. The first-order chi connectivity index (χ1) is 32.0. The maximum Gasteiger partial charge on any atom is 0.306 e. The topological polar surface area (TPSA) is 78.9 Å². The second-order valence-corrected chi connectivity index (χ2v) is 18.1. The monoisotopic (exact) mass is 907 g/mol. The third-order valence-corrected chi connectivity index (χ3v) is 11.7. The zero-order valence-electron chi connectivity index (χ0n) is 42.7. The number of carbonyl (C=O) groups excluding carboxylic acids is 3. The lowest BCUT2D eigenvalue weighted by molar-refractivity contribution is -0.167. The van der Waals surface area contributed by atoms with E-state index in [1.807, 2.05) is 0 Å². The Hall–Kier alpha value is -3.15. The maximum atomic E-state index is 12.8. The quantitative estimate of drug-likeness (QED) is 0.0199. The van der Waals surface area contributed by atoms with Gasteiger partial charge in [0.1, 0.15) is 13.2 Å². The van der Waals surface area contributed by atoms with Crippen molar-refractivity contribution >= 4 is 17.9 Å². The van der Waals surface area contributed by atoms with Crippen LogP contribution in [0.5, 0.6) is 0 Å². The van der Waals surface area contributed by atoms with Gasteiger partial charge >= 0.3 is 17.9 Å². The molecule has 0 aliphatic carbocycles. The molecule has 0 aliphatic heterocycles. The SMILES string of the molecule is CC/C=C\C/C=C\C/C=C\CCCCC(=O)OCC(COC(=O)CCCCCCCCCCCC/C=C\C=C/CCCCC)OC(=O)CCCCCCC/C=C\CCCCCCCCC. The molecule has 374 valence electrons. The van der Waals surface area contributed by atoms with Crippen LogP contribution in [0.1, 0.15) is 265 Å². The Morgan fingerprint density at radius 2 is 0.646 bits per heavy atom. The Labute approximate surface area is 402 Å². The molecule has 0 spiro atoms. The normalized spacial score (nSPS) is 12.6. The predicted molar refractivity (Wildman–Crippen MR) is 279 cm³/mol. The number of hydrogen-bond donors (Lipinski definition) is 0. The van der Waals surface area contributed by atoms with Crippen LogP contribution in [0.3, 0.4) is 0 Å². The predicted octanol–water partition coefficient (Wildman–Crippen LogP) is 18.2. The summed E-state index contributed by atoms with van der Waals surface area (Å²) in [5.41, 5.74) is 0. The number of unbranched alkanes of at least 4 members (excludes halogenated alkanes) is 27. The van der Waals surface area contributed by atoms with Crippen LogP contribution in [-0.2, 0) is 28.6 Å². The molecule has 0 rings (SSSR count). The number of allylic oxidation sites excluding steroid dienone is 12. The highest BCUT2D eigenvalue weighted by molar-refractivity contribution is 5.71. The molecule has 0 aromatic rings. The van der Waals surface area contributed by atoms with Crippen LogP contribution in [0.4, 0.5) is 0 Å². The molecular weight excluding hydrogens is 805 g/mol. The van der Waals surface area contributed by atoms with E-state index in [0.717, 1.165) is 89.9 Å². The molecule has 1 atom stereocenters. The van der Waals surface area contributed by atoms with Crippen molar-refractivity contribution in [3.63, 3.8) is 0 Å². The van der Waals surface area contributed by atoms with Crippen LogP contribution in [-0.4, -0.2) is 37.2 Å². The fourth-order valence-electron chi connectivity index (χ4n) is 7.56. The van der Waals surface area contributed by atoms with Gasteiger partial charge < -0.3 is 14.2 Å². The van der Waals surface area contributed by atoms with Crippen molar-refractivity contribution in [1.82, 2.24) is 0 Å². The summed E-state index contributed by atoms with van der Waals surface area (Å²) in [6, 6.07) is 0. The fourth-order valence-corrected chi connectivity index (χ4v) is 7.56. The zero-order valence-corrected chi connectivity index (χ0v) is 42.7. The molecule has 0 heterocycles. The van der Waals surface area contributed by atoms with Crippen molar-refractivity contribution in [2.24, 2.45) is 0 Å². The Morgan fingerprint density at radius 1 is 0.338 bits per heavy atom. The highest BCUT2D eigenvalue weighted by Crippen LogP contribution is 2.15. The van der Waals surface area contributed by atoms with Crippen LogP contribution in [0, 0.1) is 0 Å². The van der Waals surface area contributed by atoms with E-state index < -0.39 is 6.10 Å². The minimum atomic E-state index is -0.796. The van der Waals surface area contributed by atoms with Crippen molar-refractivity contribution in [2.75, 3.05) is 13.2 Å². The van der Waals surface area contributed by atoms with Gasteiger partial charge in [-0.1, -0.05) is 216 Å². The molecule has 65 heavy (non-hydrogen) atoms. The van der Waals surface area contributed by atoms with Crippen LogP contribution in [0.15, 0.2) is 72.9 Å². The lowest BCUT2D eigenvalue weighted by Crippen LogP contribution is -2.30. The van der Waals surface area contributed by atoms with Crippen LogP contribution >= 0.6 is 0 Å². The molecule has 0 amide bonds. The fraction of sp³-hybridized carbons (Fsp3) is 0.746. The molecule has 6 heteroatoms. The van der Waals surface area contributed by atoms with Gasteiger partial charge in [0.05, 0.1) is 0 Å². The lowest BCUT2D eigenvalue weighted by Gasteiger charge is -2.18. The Morgan fingerprint density at radius 3 is 1.11 bits per heavy atom. The average molecular weight is 907 g/mol. The molecule has 6 nitrogen and oxygen atoms in total. The molecule has 0 radical (unpaired) electrons. The minimum absolute atomic E-state index is 0.0923. The second-order valence-electron chi connectivity index (χ2n) is 18.1. The van der Waals surface area contributed by atoms with Gasteiger partial charge in [0.2, 0.25) is 0 Å². The number of hydrogen-bond acceptors (Lipinski definition) is 6. The molecule has 0 saturated carbocycles. The molecule has 0 saturated heterocycles. The van der Waals surface area contributed by atoms with Crippen LogP contribution < -0.4 is 0 Å². The minimum Gasteiger partial charge on any atom is -0.462 e. The van der Waals surface area contributed by atoms with Crippen molar-refractivity contribution in [2.45, 2.75) is 271 Å². The molecule has 1 unspecified atom stereocenters. The summed E-state index contributed by atoms with van der Waals surface area (Å²) in [6.45, 7) is 6.46. The van der Waals surface area contributed by atoms with Gasteiger partial charge in [0.25, 0.3) is 0 Å². The molecule has 0 N–H and O–H groups in total. The number of rotatable bonds is 49. The first kappa shape index (κ1) is 61.9. The van der Waals surface area contributed by atoms with Crippen molar-refractivity contribution in [3.05, 3.63) is 72.9 Å². The summed E-state index contributed by atoms with van der Waals surface area (Å²) in [5, 5.41) is 0. The zero-order chi connectivity index (χ0) is 47.2. The molecule has 0 aromatic carbocycles. The molecular formula is C59H102O6. The van der Waals surface area contributed by atoms with E-state index in [1.165, 1.54) is 135 Å². The maximum absolute atomic E-state index is 12.8. The third kappa shape index (κ3) is 51.7. The number of ether oxygens (including phenoxy) is 3. The van der Waals surface area contributed by atoms with E-state index in [0.29, 0.717) is 19.3 Å². The van der Waals surface area contributed by atoms with Crippen molar-refractivity contribution in [1.29, 1.82) is 0 Å². The van der Waals surface area contributed by atoms with Gasteiger partial charge in [-0.2, -0.15) is 0 Å². The average Bonchev–Trinajstić information content (AvgIpc) is 3.30. The van der Waals surface area contributed by atoms with E-state index in [-0.39, 0.29) is 31.1 Å². The molecule has 0 aromatic heterocycles. The van der Waals surface area contributed by atoms with Gasteiger partial charge in [-0.05, 0) is 103 Å². The van der Waals surface area contributed by atoms with E-state index in [2.05, 4.69) is 93.7 Å². The van der Waals surface area contributed by atoms with Gasteiger partial charge in [0.15, 0.2) is 6.10 Å². The van der Waals surface area contributed by atoms with E-state index in [9.17, 15) is 14.4 Å². The van der Waals surface area contributed by atoms with Gasteiger partial charge in [0, 0.05) is 19.3 Å². The Kier molecular flexibility index (Phi) is 50.9. The summed E-state index contributed by atoms with van der Waals surface area (Å²) in [7, 11) is 0. The summed E-state index contributed by atoms with van der Waals surface area (Å²) in [5.74, 6) is -0.941. The third-order valence-electron chi connectivity index (χ3n) is 11.7. The Bertz CT molecular complexity index is 1230. The highest BCUT2D eigenvalue weighted by Gasteiger charge is 2.19. The van der Waals surface area contributed by atoms with Crippen molar-refractivity contribution in [3.8, 4) is 0 Å². The molecule has 0 fully saturated rings. The number of esters is 3. The lowest BCUT2D eigenvalue weighted by atomic mass is 10.1. The van der Waals surface area contributed by atoms with Crippen LogP contribution in [0.25, 0.3) is 0 Å². The van der Waals surface area contributed by atoms with E-state index >= 15 is 0 Å². The molecule has 0 aliphatic rings. The van der Waals surface area contributed by atoms with E-state index in [4.69, 9.17) is 14.2 Å². The smallest absolute Gasteiger partial charge is 0.306 e. The second kappa shape index (κ2) is 53.5. The van der Waals surface area contributed by atoms with Gasteiger partial charge in [-0.3, -0.25) is 14.4 Å². The van der Waals surface area contributed by atoms with E-state index in [1.54, 1.807) is 0 Å². The summed E-state index contributed by atoms with van der Waals surface area (Å²) in [6.07, 6.45) is 67.5. The summed E-state index contributed by atoms with van der Waals surface area (Å²) < 4.78 is 16.8.